The number of likely N-dealkylation sites (N-methyl/N-ethyl adjacent to an activating group) is 1. The lowest BCUT2D eigenvalue weighted by Crippen LogP contribution is -2.55. The van der Waals surface area contributed by atoms with Crippen molar-refractivity contribution < 1.29 is 28.1 Å². The van der Waals surface area contributed by atoms with Crippen LogP contribution in [0.5, 0.6) is 0 Å². The molecule has 4 N–H and O–H groups in total. The van der Waals surface area contributed by atoms with E-state index in [1.165, 1.54) is 17.0 Å². The highest BCUT2D eigenvalue weighted by molar-refractivity contribution is 7.89. The maximum Gasteiger partial charge on any atom is 0.475 e. The Kier molecular flexibility index (Phi) is 7.60. The highest BCUT2D eigenvalue weighted by Gasteiger charge is 2.34. The lowest BCUT2D eigenvalue weighted by atomic mass is 9.69. The number of nitrogens with one attached hydrogen (secondary N) is 2. The third kappa shape index (κ3) is 5.92. The first-order valence-electron chi connectivity index (χ1n) is 11.8. The molecule has 2 aromatic rings. The standard InChI is InChI=1S/C24H30BN3O6S/c1-28-21-11-10-19(14-18(21)15-23(28)29)35(33,34)27-20(12-16-6-3-2-4-7-16)24(30)26-22(25(31)32)13-17-8-5-9-17/h2-4,6-7,10-11,14,17,20,22,27,31-32H,5,8-9,12-13,15H2,1H3,(H,26,30)/t20-,22-/m1/s1. The average molecular weight is 499 g/mol. The van der Waals surface area contributed by atoms with E-state index in [4.69, 9.17) is 0 Å². The predicted octanol–water partition coefficient (Wildman–Crippen LogP) is 0.782. The SMILES string of the molecule is CN1C(=O)Cc2cc(S(=O)(=O)N[C@H](Cc3ccccc3)C(=O)N[C@H](CC3CCC3)B(O)O)ccc21. The summed E-state index contributed by atoms with van der Waals surface area (Å²) in [6.45, 7) is 0. The van der Waals surface area contributed by atoms with Gasteiger partial charge in [-0.15, -0.1) is 0 Å². The molecule has 4 rings (SSSR count). The minimum atomic E-state index is -4.12. The van der Waals surface area contributed by atoms with Crippen LogP contribution in [0.1, 0.15) is 36.8 Å². The van der Waals surface area contributed by atoms with Crippen molar-refractivity contribution in [2.24, 2.45) is 5.92 Å². The molecule has 0 unspecified atom stereocenters. The molecule has 2 aromatic carbocycles. The van der Waals surface area contributed by atoms with Crippen molar-refractivity contribution in [2.45, 2.75) is 55.4 Å². The van der Waals surface area contributed by atoms with Crippen LogP contribution in [0, 0.1) is 5.92 Å². The van der Waals surface area contributed by atoms with E-state index in [0.29, 0.717) is 23.6 Å². The van der Waals surface area contributed by atoms with E-state index in [9.17, 15) is 28.1 Å². The van der Waals surface area contributed by atoms with Gasteiger partial charge in [-0.3, -0.25) is 9.59 Å². The molecule has 0 spiro atoms. The van der Waals surface area contributed by atoms with Crippen LogP contribution < -0.4 is 14.9 Å². The van der Waals surface area contributed by atoms with E-state index in [2.05, 4.69) is 10.0 Å². The topological polar surface area (TPSA) is 136 Å². The molecule has 186 valence electrons. The van der Waals surface area contributed by atoms with E-state index in [1.54, 1.807) is 37.4 Å². The van der Waals surface area contributed by atoms with Crippen LogP contribution in [0.25, 0.3) is 0 Å². The van der Waals surface area contributed by atoms with Crippen LogP contribution in [-0.2, 0) is 32.5 Å². The zero-order valence-electron chi connectivity index (χ0n) is 19.6. The molecule has 35 heavy (non-hydrogen) atoms. The van der Waals surface area contributed by atoms with Crippen molar-refractivity contribution >= 4 is 34.6 Å². The molecule has 1 aliphatic heterocycles. The number of carbonyl (C=O) groups is 2. The van der Waals surface area contributed by atoms with Gasteiger partial charge in [0.2, 0.25) is 21.8 Å². The highest BCUT2D eigenvalue weighted by Crippen LogP contribution is 2.31. The lowest BCUT2D eigenvalue weighted by molar-refractivity contribution is -0.123. The third-order valence-electron chi connectivity index (χ3n) is 6.83. The summed E-state index contributed by atoms with van der Waals surface area (Å²) in [4.78, 5) is 26.6. The smallest absolute Gasteiger partial charge is 0.426 e. The van der Waals surface area contributed by atoms with Gasteiger partial charge in [0.25, 0.3) is 0 Å². The van der Waals surface area contributed by atoms with Crippen LogP contribution in [0.4, 0.5) is 5.69 Å². The largest absolute Gasteiger partial charge is 0.475 e. The Morgan fingerprint density at radius 3 is 2.51 bits per heavy atom. The fourth-order valence-electron chi connectivity index (χ4n) is 4.53. The highest BCUT2D eigenvalue weighted by atomic mass is 32.2. The van der Waals surface area contributed by atoms with Crippen molar-refractivity contribution in [3.05, 3.63) is 59.7 Å². The van der Waals surface area contributed by atoms with Gasteiger partial charge in [0.05, 0.1) is 17.3 Å². The third-order valence-corrected chi connectivity index (χ3v) is 8.30. The number of sulfonamides is 1. The molecule has 2 amide bonds. The number of rotatable bonds is 10. The Bertz CT molecular complexity index is 1190. The first-order valence-corrected chi connectivity index (χ1v) is 13.2. The summed E-state index contributed by atoms with van der Waals surface area (Å²) < 4.78 is 29.0. The van der Waals surface area contributed by atoms with Crippen molar-refractivity contribution in [3.8, 4) is 0 Å². The van der Waals surface area contributed by atoms with E-state index < -0.39 is 35.0 Å². The molecule has 1 saturated carbocycles. The van der Waals surface area contributed by atoms with Crippen LogP contribution >= 0.6 is 0 Å². The minimum absolute atomic E-state index is 0.0431. The quantitative estimate of drug-likeness (QED) is 0.357. The summed E-state index contributed by atoms with van der Waals surface area (Å²) >= 11 is 0. The molecule has 1 aliphatic carbocycles. The fraction of sp³-hybridized carbons (Fsp3) is 0.417. The monoisotopic (exact) mass is 499 g/mol. The van der Waals surface area contributed by atoms with E-state index in [1.807, 2.05) is 6.07 Å². The molecular formula is C24H30BN3O6S. The predicted molar refractivity (Wildman–Crippen MR) is 132 cm³/mol. The van der Waals surface area contributed by atoms with Gasteiger partial charge in [0.1, 0.15) is 6.04 Å². The first kappa shape index (κ1) is 25.4. The van der Waals surface area contributed by atoms with Crippen molar-refractivity contribution in [1.82, 2.24) is 10.0 Å². The molecule has 0 saturated heterocycles. The van der Waals surface area contributed by atoms with Crippen LogP contribution in [0.15, 0.2) is 53.4 Å². The van der Waals surface area contributed by atoms with Crippen molar-refractivity contribution in [1.29, 1.82) is 0 Å². The molecular weight excluding hydrogens is 469 g/mol. The Hall–Kier alpha value is -2.73. The molecule has 2 atom stereocenters. The number of nitrogens with zero attached hydrogens (tertiary/aromatic N) is 1. The number of benzene rings is 2. The number of amides is 2. The van der Waals surface area contributed by atoms with Crippen LogP contribution in [0.3, 0.4) is 0 Å². The number of fused-ring (bicyclic) bond motifs is 1. The maximum absolute atomic E-state index is 13.3. The molecule has 1 fully saturated rings. The van der Waals surface area contributed by atoms with Crippen molar-refractivity contribution in [3.63, 3.8) is 0 Å². The molecule has 9 nitrogen and oxygen atoms in total. The molecule has 0 radical (unpaired) electrons. The van der Waals surface area contributed by atoms with Gasteiger partial charge in [0.15, 0.2) is 0 Å². The Morgan fingerprint density at radius 1 is 1.17 bits per heavy atom. The van der Waals surface area contributed by atoms with E-state index in [-0.39, 0.29) is 23.6 Å². The Morgan fingerprint density at radius 2 is 1.89 bits per heavy atom. The van der Waals surface area contributed by atoms with Gasteiger partial charge in [-0.05, 0) is 48.1 Å². The zero-order chi connectivity index (χ0) is 25.2. The Balaban J connectivity index is 1.55. The summed E-state index contributed by atoms with van der Waals surface area (Å²) in [6, 6.07) is 12.3. The lowest BCUT2D eigenvalue weighted by Gasteiger charge is -2.30. The minimum Gasteiger partial charge on any atom is -0.426 e. The molecule has 0 aromatic heterocycles. The second kappa shape index (κ2) is 10.5. The van der Waals surface area contributed by atoms with Gasteiger partial charge in [-0.25, -0.2) is 8.42 Å². The first-order chi connectivity index (χ1) is 16.6. The summed E-state index contributed by atoms with van der Waals surface area (Å²) in [6.07, 6.45) is 3.62. The van der Waals surface area contributed by atoms with E-state index >= 15 is 0 Å². The Labute approximate surface area is 205 Å². The number of anilines is 1. The molecule has 1 heterocycles. The fourth-order valence-corrected chi connectivity index (χ4v) is 5.78. The summed E-state index contributed by atoms with van der Waals surface area (Å²) in [5, 5.41) is 22.3. The summed E-state index contributed by atoms with van der Waals surface area (Å²) in [7, 11) is -4.23. The van der Waals surface area contributed by atoms with Gasteiger partial charge in [0, 0.05) is 12.7 Å². The molecule has 11 heteroatoms. The second-order valence-corrected chi connectivity index (χ2v) is 11.1. The van der Waals surface area contributed by atoms with Gasteiger partial charge in [-0.1, -0.05) is 49.6 Å². The van der Waals surface area contributed by atoms with Crippen LogP contribution in [-0.4, -0.2) is 56.4 Å². The van der Waals surface area contributed by atoms with Crippen LogP contribution in [0.2, 0.25) is 0 Å². The number of hydrogen-bond donors (Lipinski definition) is 4. The van der Waals surface area contributed by atoms with Gasteiger partial charge in [-0.2, -0.15) is 4.72 Å². The summed E-state index contributed by atoms with van der Waals surface area (Å²) in [5.41, 5.74) is 2.01. The normalized spacial score (nSPS) is 17.5. The average Bonchev–Trinajstić information content (AvgIpc) is 3.08. The molecule has 2 aliphatic rings. The maximum atomic E-state index is 13.3. The molecule has 0 bridgehead atoms. The number of hydrogen-bond acceptors (Lipinski definition) is 6. The number of carbonyl (C=O) groups excluding carboxylic acids is 2. The summed E-state index contributed by atoms with van der Waals surface area (Å²) in [5.74, 6) is -1.34. The van der Waals surface area contributed by atoms with Crippen molar-refractivity contribution in [2.75, 3.05) is 11.9 Å². The van der Waals surface area contributed by atoms with Gasteiger partial charge >= 0.3 is 7.12 Å². The van der Waals surface area contributed by atoms with E-state index in [0.717, 1.165) is 24.8 Å². The second-order valence-electron chi connectivity index (χ2n) is 9.34. The van der Waals surface area contributed by atoms with Gasteiger partial charge < -0.3 is 20.3 Å². The zero-order valence-corrected chi connectivity index (χ0v) is 20.4.